The Morgan fingerprint density at radius 3 is 2.77 bits per heavy atom. The van der Waals surface area contributed by atoms with Crippen molar-refractivity contribution >= 4 is 17.5 Å². The Bertz CT molecular complexity index is 1020. The van der Waals surface area contributed by atoms with Crippen molar-refractivity contribution in [3.8, 4) is 11.3 Å². The van der Waals surface area contributed by atoms with Crippen LogP contribution >= 0.6 is 11.6 Å². The number of hydrogen-bond donors (Lipinski definition) is 1. The van der Waals surface area contributed by atoms with Crippen LogP contribution in [0.2, 0.25) is 5.02 Å². The van der Waals surface area contributed by atoms with Gasteiger partial charge >= 0.3 is 0 Å². The summed E-state index contributed by atoms with van der Waals surface area (Å²) in [5, 5.41) is 7.59. The molecule has 3 aromatic rings. The van der Waals surface area contributed by atoms with E-state index in [1.54, 1.807) is 13.0 Å². The summed E-state index contributed by atoms with van der Waals surface area (Å²) in [4.78, 5) is 15.2. The number of nitrogens with one attached hydrogen (secondary N) is 1. The predicted octanol–water partition coefficient (Wildman–Crippen LogP) is 4.50. The van der Waals surface area contributed by atoms with Crippen molar-refractivity contribution in [1.29, 1.82) is 0 Å². The lowest BCUT2D eigenvalue weighted by molar-refractivity contribution is -0.0301. The number of carbonyl (C=O) groups excluding carboxylic acids is 1. The molecule has 1 fully saturated rings. The summed E-state index contributed by atoms with van der Waals surface area (Å²) in [6.07, 6.45) is 0.946. The molecule has 31 heavy (non-hydrogen) atoms. The highest BCUT2D eigenvalue weighted by molar-refractivity contribution is 6.33. The van der Waals surface area contributed by atoms with Crippen LogP contribution in [-0.2, 0) is 4.74 Å². The summed E-state index contributed by atoms with van der Waals surface area (Å²) in [7, 11) is 0. The van der Waals surface area contributed by atoms with Crippen LogP contribution in [0.25, 0.3) is 11.3 Å². The molecule has 6 nitrogen and oxygen atoms in total. The third-order valence-electron chi connectivity index (χ3n) is 5.48. The van der Waals surface area contributed by atoms with Crippen LogP contribution in [0.3, 0.4) is 0 Å². The van der Waals surface area contributed by atoms with Crippen LogP contribution < -0.4 is 5.32 Å². The van der Waals surface area contributed by atoms with Gasteiger partial charge in [0.15, 0.2) is 0 Å². The number of benzene rings is 2. The average Bonchev–Trinajstić information content (AvgIpc) is 3.19. The summed E-state index contributed by atoms with van der Waals surface area (Å²) in [6.45, 7) is 5.68. The van der Waals surface area contributed by atoms with E-state index in [2.05, 4.69) is 27.5 Å². The van der Waals surface area contributed by atoms with Crippen molar-refractivity contribution in [2.75, 3.05) is 32.8 Å². The Morgan fingerprint density at radius 2 is 1.97 bits per heavy atom. The Morgan fingerprint density at radius 1 is 1.19 bits per heavy atom. The summed E-state index contributed by atoms with van der Waals surface area (Å²) in [5.41, 5.74) is 2.80. The van der Waals surface area contributed by atoms with Gasteiger partial charge in [-0.25, -0.2) is 0 Å². The fourth-order valence-corrected chi connectivity index (χ4v) is 4.07. The molecule has 0 unspecified atom stereocenters. The maximum Gasteiger partial charge on any atom is 0.257 e. The molecule has 1 atom stereocenters. The molecular formula is C24H26ClN3O3. The first-order valence-corrected chi connectivity index (χ1v) is 10.9. The number of halogens is 1. The molecule has 1 saturated heterocycles. The van der Waals surface area contributed by atoms with Crippen molar-refractivity contribution in [1.82, 2.24) is 15.4 Å². The highest BCUT2D eigenvalue weighted by Gasteiger charge is 2.24. The van der Waals surface area contributed by atoms with Crippen LogP contribution in [0, 0.1) is 6.92 Å². The Balaban J connectivity index is 1.30. The van der Waals surface area contributed by atoms with Crippen LogP contribution in [0.1, 0.15) is 34.2 Å². The Labute approximate surface area is 187 Å². The van der Waals surface area contributed by atoms with Crippen molar-refractivity contribution < 1.29 is 14.1 Å². The van der Waals surface area contributed by atoms with Crippen molar-refractivity contribution in [3.05, 3.63) is 76.5 Å². The SMILES string of the molecule is Cc1onc(-c2ccccc2Cl)c1C(=O)NCCCN1CCO[C@@H](c2ccccc2)C1. The van der Waals surface area contributed by atoms with Crippen molar-refractivity contribution in [2.45, 2.75) is 19.4 Å². The number of aromatic nitrogens is 1. The minimum atomic E-state index is -0.196. The lowest BCUT2D eigenvalue weighted by Crippen LogP contribution is -2.39. The maximum atomic E-state index is 12.8. The minimum absolute atomic E-state index is 0.0994. The highest BCUT2D eigenvalue weighted by Crippen LogP contribution is 2.31. The van der Waals surface area contributed by atoms with Gasteiger partial charge in [0.2, 0.25) is 0 Å². The first-order chi connectivity index (χ1) is 15.1. The normalized spacial score (nSPS) is 16.9. The molecule has 4 rings (SSSR count). The molecule has 1 amide bonds. The fourth-order valence-electron chi connectivity index (χ4n) is 3.84. The fraction of sp³-hybridized carbons (Fsp3) is 0.333. The Kier molecular flexibility index (Phi) is 7.02. The molecule has 0 radical (unpaired) electrons. The van der Waals surface area contributed by atoms with Crippen LogP contribution in [0.4, 0.5) is 0 Å². The monoisotopic (exact) mass is 439 g/mol. The first kappa shape index (κ1) is 21.6. The molecule has 2 aromatic carbocycles. The summed E-state index contributed by atoms with van der Waals surface area (Å²) < 4.78 is 11.2. The molecule has 1 aliphatic rings. The van der Waals surface area contributed by atoms with Crippen molar-refractivity contribution in [2.24, 2.45) is 0 Å². The number of aryl methyl sites for hydroxylation is 1. The predicted molar refractivity (Wildman–Crippen MR) is 120 cm³/mol. The lowest BCUT2D eigenvalue weighted by atomic mass is 10.1. The van der Waals surface area contributed by atoms with Gasteiger partial charge in [0.25, 0.3) is 5.91 Å². The molecule has 7 heteroatoms. The highest BCUT2D eigenvalue weighted by atomic mass is 35.5. The van der Waals surface area contributed by atoms with Crippen LogP contribution in [0.5, 0.6) is 0 Å². The number of carbonyl (C=O) groups is 1. The number of rotatable bonds is 7. The van der Waals surface area contributed by atoms with E-state index in [1.807, 2.05) is 36.4 Å². The third-order valence-corrected chi connectivity index (χ3v) is 5.81. The molecule has 0 aliphatic carbocycles. The molecule has 1 N–H and O–H groups in total. The number of ether oxygens (including phenoxy) is 1. The lowest BCUT2D eigenvalue weighted by Gasteiger charge is -2.33. The second kappa shape index (κ2) is 10.1. The minimum Gasteiger partial charge on any atom is -0.371 e. The summed E-state index contributed by atoms with van der Waals surface area (Å²) >= 11 is 6.28. The van der Waals surface area contributed by atoms with Crippen LogP contribution in [-0.4, -0.2) is 48.7 Å². The zero-order valence-corrected chi connectivity index (χ0v) is 18.3. The molecule has 1 aliphatic heterocycles. The van der Waals surface area contributed by atoms with E-state index in [4.69, 9.17) is 20.9 Å². The van der Waals surface area contributed by atoms with E-state index in [9.17, 15) is 4.79 Å². The van der Waals surface area contributed by atoms with E-state index in [1.165, 1.54) is 5.56 Å². The van der Waals surface area contributed by atoms with E-state index < -0.39 is 0 Å². The molecular weight excluding hydrogens is 414 g/mol. The molecule has 1 aromatic heterocycles. The van der Waals surface area contributed by atoms with E-state index >= 15 is 0 Å². The van der Waals surface area contributed by atoms with E-state index in [0.717, 1.165) is 26.1 Å². The van der Waals surface area contributed by atoms with E-state index in [-0.39, 0.29) is 12.0 Å². The van der Waals surface area contributed by atoms with Gasteiger partial charge in [0.1, 0.15) is 17.0 Å². The summed E-state index contributed by atoms with van der Waals surface area (Å²) in [5.74, 6) is 0.282. The van der Waals surface area contributed by atoms with Gasteiger partial charge in [-0.1, -0.05) is 65.3 Å². The largest absolute Gasteiger partial charge is 0.371 e. The third kappa shape index (κ3) is 5.15. The number of hydrogen-bond acceptors (Lipinski definition) is 5. The van der Waals surface area contributed by atoms with Gasteiger partial charge in [-0.2, -0.15) is 0 Å². The average molecular weight is 440 g/mol. The zero-order chi connectivity index (χ0) is 21.6. The standard InChI is InChI=1S/C24H26ClN3O3/c1-17-22(23(27-31-17)19-10-5-6-11-20(19)25)24(29)26-12-7-13-28-14-15-30-21(16-28)18-8-3-2-4-9-18/h2-6,8-11,21H,7,12-16H2,1H3,(H,26,29)/t21-/m1/s1. The number of nitrogens with zero attached hydrogens (tertiary/aromatic N) is 2. The number of amides is 1. The van der Waals surface area contributed by atoms with Crippen LogP contribution in [0.15, 0.2) is 59.1 Å². The molecule has 0 bridgehead atoms. The van der Waals surface area contributed by atoms with Gasteiger partial charge in [-0.15, -0.1) is 0 Å². The quantitative estimate of drug-likeness (QED) is 0.549. The Hall–Kier alpha value is -2.67. The van der Waals surface area contributed by atoms with Gasteiger partial charge in [0, 0.05) is 31.7 Å². The first-order valence-electron chi connectivity index (χ1n) is 10.5. The second-order valence-electron chi connectivity index (χ2n) is 7.62. The second-order valence-corrected chi connectivity index (χ2v) is 8.03. The molecule has 0 spiro atoms. The molecule has 162 valence electrons. The topological polar surface area (TPSA) is 67.6 Å². The van der Waals surface area contributed by atoms with Gasteiger partial charge in [-0.3, -0.25) is 9.69 Å². The van der Waals surface area contributed by atoms with Gasteiger partial charge in [-0.05, 0) is 25.0 Å². The summed E-state index contributed by atoms with van der Waals surface area (Å²) in [6, 6.07) is 17.6. The zero-order valence-electron chi connectivity index (χ0n) is 17.5. The van der Waals surface area contributed by atoms with Gasteiger partial charge in [0.05, 0.1) is 17.7 Å². The molecule has 2 heterocycles. The smallest absolute Gasteiger partial charge is 0.257 e. The van der Waals surface area contributed by atoms with Crippen molar-refractivity contribution in [3.63, 3.8) is 0 Å². The van der Waals surface area contributed by atoms with E-state index in [0.29, 0.717) is 40.8 Å². The number of morpholine rings is 1. The molecule has 0 saturated carbocycles. The maximum absolute atomic E-state index is 12.8. The van der Waals surface area contributed by atoms with Gasteiger partial charge < -0.3 is 14.6 Å².